The molecule has 0 bridgehead atoms. The van der Waals surface area contributed by atoms with Gasteiger partial charge in [-0.25, -0.2) is 0 Å². The second-order valence-electron chi connectivity index (χ2n) is 6.71. The highest BCUT2D eigenvalue weighted by Gasteiger charge is 2.22. The number of nitrogens with zero attached hydrogens (tertiary/aromatic N) is 2. The molecule has 1 N–H and O–H groups in total. The lowest BCUT2D eigenvalue weighted by Gasteiger charge is -2.19. The summed E-state index contributed by atoms with van der Waals surface area (Å²) in [5, 5.41) is 2.78. The van der Waals surface area contributed by atoms with Crippen molar-refractivity contribution < 1.29 is 14.3 Å². The summed E-state index contributed by atoms with van der Waals surface area (Å²) in [4.78, 5) is 26.4. The fourth-order valence-corrected chi connectivity index (χ4v) is 3.38. The quantitative estimate of drug-likeness (QED) is 0.692. The minimum absolute atomic E-state index is 0.0407. The molecule has 2 heterocycles. The normalized spacial score (nSPS) is 17.2. The Kier molecular flexibility index (Phi) is 7.20. The maximum Gasteiger partial charge on any atom is 0.234 e. The molecule has 1 atom stereocenters. The van der Waals surface area contributed by atoms with Gasteiger partial charge in [0.25, 0.3) is 0 Å². The number of hydrogen-bond acceptors (Lipinski definition) is 4. The molecule has 0 aliphatic carbocycles. The van der Waals surface area contributed by atoms with E-state index in [1.807, 2.05) is 38.7 Å². The Morgan fingerprint density at radius 3 is 2.68 bits per heavy atom. The van der Waals surface area contributed by atoms with Crippen molar-refractivity contribution in [2.45, 2.75) is 53.2 Å². The summed E-state index contributed by atoms with van der Waals surface area (Å²) in [7, 11) is 0. The molecule has 140 valence electrons. The summed E-state index contributed by atoms with van der Waals surface area (Å²) in [6.45, 7) is 11.3. The number of ether oxygens (including phenoxy) is 1. The zero-order valence-corrected chi connectivity index (χ0v) is 15.9. The summed E-state index contributed by atoms with van der Waals surface area (Å²) in [6, 6.07) is 1.96. The highest BCUT2D eigenvalue weighted by atomic mass is 16.5. The van der Waals surface area contributed by atoms with Crippen LogP contribution in [0.4, 0.5) is 0 Å². The van der Waals surface area contributed by atoms with Crippen LogP contribution < -0.4 is 5.32 Å². The molecule has 0 unspecified atom stereocenters. The molecule has 1 amide bonds. The smallest absolute Gasteiger partial charge is 0.234 e. The number of carbonyl (C=O) groups excluding carboxylic acids is 2. The van der Waals surface area contributed by atoms with Crippen molar-refractivity contribution >= 4 is 11.7 Å². The van der Waals surface area contributed by atoms with Gasteiger partial charge >= 0.3 is 0 Å². The van der Waals surface area contributed by atoms with E-state index in [0.29, 0.717) is 13.1 Å². The molecule has 25 heavy (non-hydrogen) atoms. The third kappa shape index (κ3) is 5.16. The topological polar surface area (TPSA) is 63.6 Å². The van der Waals surface area contributed by atoms with Gasteiger partial charge < -0.3 is 14.6 Å². The predicted molar refractivity (Wildman–Crippen MR) is 98.0 cm³/mol. The van der Waals surface area contributed by atoms with Crippen LogP contribution in [0.5, 0.6) is 0 Å². The lowest BCUT2D eigenvalue weighted by Crippen LogP contribution is -2.39. The van der Waals surface area contributed by atoms with Crippen LogP contribution in [0.1, 0.15) is 48.4 Å². The zero-order chi connectivity index (χ0) is 18.4. The number of aromatic nitrogens is 1. The molecule has 1 aromatic rings. The van der Waals surface area contributed by atoms with E-state index in [2.05, 4.69) is 9.88 Å². The molecule has 0 spiro atoms. The summed E-state index contributed by atoms with van der Waals surface area (Å²) in [5.41, 5.74) is 2.83. The van der Waals surface area contributed by atoms with Crippen molar-refractivity contribution in [1.82, 2.24) is 14.8 Å². The number of ketones is 1. The van der Waals surface area contributed by atoms with Crippen LogP contribution in [0.15, 0.2) is 6.07 Å². The fourth-order valence-electron chi connectivity index (χ4n) is 3.38. The number of rotatable bonds is 9. The SMILES string of the molecule is CCNC(=O)CN(CC)CC(=O)c1cc(C)n(C[C@@H]2CCCO2)c1C. The van der Waals surface area contributed by atoms with Gasteiger partial charge in [-0.05, 0) is 46.2 Å². The van der Waals surface area contributed by atoms with Crippen LogP contribution in [0.2, 0.25) is 0 Å². The molecular weight excluding hydrogens is 318 g/mol. The van der Waals surface area contributed by atoms with Crippen molar-refractivity contribution in [3.05, 3.63) is 23.0 Å². The summed E-state index contributed by atoms with van der Waals surface area (Å²) < 4.78 is 7.91. The van der Waals surface area contributed by atoms with Gasteiger partial charge in [0.15, 0.2) is 5.78 Å². The molecule has 1 aromatic heterocycles. The maximum atomic E-state index is 12.8. The van der Waals surface area contributed by atoms with Gasteiger partial charge in [-0.15, -0.1) is 0 Å². The molecule has 2 rings (SSSR count). The van der Waals surface area contributed by atoms with E-state index in [1.165, 1.54) is 0 Å². The Balaban J connectivity index is 2.04. The van der Waals surface area contributed by atoms with Crippen LogP contribution >= 0.6 is 0 Å². The Morgan fingerprint density at radius 2 is 2.08 bits per heavy atom. The number of amides is 1. The second kappa shape index (κ2) is 9.15. The van der Waals surface area contributed by atoms with Crippen LogP contribution in [0, 0.1) is 13.8 Å². The number of likely N-dealkylation sites (N-methyl/N-ethyl adjacent to an activating group) is 2. The molecular formula is C19H31N3O3. The van der Waals surface area contributed by atoms with Gasteiger partial charge in [-0.3, -0.25) is 14.5 Å². The standard InChI is InChI=1S/C19H31N3O3/c1-5-20-19(24)13-21(6-2)12-18(23)17-10-14(3)22(15(17)4)11-16-8-7-9-25-16/h10,16H,5-9,11-13H2,1-4H3,(H,20,24)/t16-/m0/s1. The Hall–Kier alpha value is -1.66. The van der Waals surface area contributed by atoms with Crippen LogP contribution in [0.3, 0.4) is 0 Å². The van der Waals surface area contributed by atoms with Crippen molar-refractivity contribution in [2.24, 2.45) is 0 Å². The first-order valence-electron chi connectivity index (χ1n) is 9.26. The van der Waals surface area contributed by atoms with E-state index in [-0.39, 0.29) is 30.9 Å². The minimum atomic E-state index is -0.0407. The minimum Gasteiger partial charge on any atom is -0.376 e. The lowest BCUT2D eigenvalue weighted by molar-refractivity contribution is -0.121. The average Bonchev–Trinajstić information content (AvgIpc) is 3.18. The first-order valence-corrected chi connectivity index (χ1v) is 9.26. The van der Waals surface area contributed by atoms with Gasteiger partial charge in [-0.2, -0.15) is 0 Å². The first-order chi connectivity index (χ1) is 12.0. The second-order valence-corrected chi connectivity index (χ2v) is 6.71. The molecule has 1 saturated heterocycles. The molecule has 6 nitrogen and oxygen atoms in total. The number of aryl methyl sites for hydroxylation is 1. The maximum absolute atomic E-state index is 12.8. The molecule has 1 aliphatic rings. The van der Waals surface area contributed by atoms with Gasteiger partial charge in [0, 0.05) is 36.6 Å². The zero-order valence-electron chi connectivity index (χ0n) is 15.9. The monoisotopic (exact) mass is 349 g/mol. The van der Waals surface area contributed by atoms with Crippen LogP contribution in [-0.4, -0.2) is 60.0 Å². The van der Waals surface area contributed by atoms with Crippen molar-refractivity contribution in [3.8, 4) is 0 Å². The number of Topliss-reactive ketones (excluding diaryl/α,β-unsaturated/α-hetero) is 1. The molecule has 1 fully saturated rings. The third-order valence-corrected chi connectivity index (χ3v) is 4.84. The number of carbonyl (C=O) groups is 2. The largest absolute Gasteiger partial charge is 0.376 e. The van der Waals surface area contributed by atoms with Gasteiger partial charge in [0.05, 0.1) is 19.2 Å². The molecule has 0 saturated carbocycles. The van der Waals surface area contributed by atoms with E-state index in [9.17, 15) is 9.59 Å². The Bertz CT molecular complexity index is 603. The average molecular weight is 349 g/mol. The molecule has 0 aromatic carbocycles. The third-order valence-electron chi connectivity index (χ3n) is 4.84. The highest BCUT2D eigenvalue weighted by molar-refractivity contribution is 5.99. The van der Waals surface area contributed by atoms with Gasteiger partial charge in [-0.1, -0.05) is 6.92 Å². The van der Waals surface area contributed by atoms with E-state index in [1.54, 1.807) is 0 Å². The predicted octanol–water partition coefficient (Wildman–Crippen LogP) is 1.92. The Labute approximate surface area is 150 Å². The summed E-state index contributed by atoms with van der Waals surface area (Å²) >= 11 is 0. The number of hydrogen-bond donors (Lipinski definition) is 1. The van der Waals surface area contributed by atoms with Crippen molar-refractivity contribution in [3.63, 3.8) is 0 Å². The molecule has 0 radical (unpaired) electrons. The van der Waals surface area contributed by atoms with Gasteiger partial charge in [0.1, 0.15) is 0 Å². The van der Waals surface area contributed by atoms with Crippen LogP contribution in [-0.2, 0) is 16.1 Å². The van der Waals surface area contributed by atoms with E-state index in [0.717, 1.165) is 42.9 Å². The van der Waals surface area contributed by atoms with E-state index >= 15 is 0 Å². The van der Waals surface area contributed by atoms with E-state index in [4.69, 9.17) is 4.74 Å². The molecule has 6 heteroatoms. The summed E-state index contributed by atoms with van der Waals surface area (Å²) in [6.07, 6.45) is 2.44. The van der Waals surface area contributed by atoms with Crippen molar-refractivity contribution in [2.75, 3.05) is 32.8 Å². The van der Waals surface area contributed by atoms with Gasteiger partial charge in [0.2, 0.25) is 5.91 Å². The first kappa shape index (κ1) is 19.7. The van der Waals surface area contributed by atoms with E-state index < -0.39 is 0 Å². The van der Waals surface area contributed by atoms with Crippen LogP contribution in [0.25, 0.3) is 0 Å². The number of nitrogens with one attached hydrogen (secondary N) is 1. The Morgan fingerprint density at radius 1 is 1.32 bits per heavy atom. The molecule has 1 aliphatic heterocycles. The summed E-state index contributed by atoms with van der Waals surface area (Å²) in [5.74, 6) is 0.0267. The van der Waals surface area contributed by atoms with Crippen molar-refractivity contribution in [1.29, 1.82) is 0 Å². The lowest BCUT2D eigenvalue weighted by atomic mass is 10.1. The highest BCUT2D eigenvalue weighted by Crippen LogP contribution is 2.20. The fraction of sp³-hybridized carbons (Fsp3) is 0.684.